The van der Waals surface area contributed by atoms with Crippen molar-refractivity contribution >= 4 is 10.5 Å². The van der Waals surface area contributed by atoms with Crippen LogP contribution in [-0.2, 0) is 4.43 Å². The minimum absolute atomic E-state index is 0.529. The normalized spacial score (nSPS) is 4.75. The molecule has 0 aliphatic carbocycles. The third-order valence-corrected chi connectivity index (χ3v) is 0.274. The fourth-order valence-electron chi connectivity index (χ4n) is 0. The lowest BCUT2D eigenvalue weighted by atomic mass is 11.6. The molecular formula is CH3NOSi. The Morgan fingerprint density at radius 1 is 2.00 bits per heavy atom. The van der Waals surface area contributed by atoms with Crippen LogP contribution in [0.3, 0.4) is 0 Å². The Morgan fingerprint density at radius 2 is 2.25 bits per heavy atom. The quantitative estimate of drug-likeness (QED) is 0.265. The summed E-state index contributed by atoms with van der Waals surface area (Å²) in [5.74, 6) is 0. The van der Waals surface area contributed by atoms with Crippen molar-refractivity contribution in [3.63, 3.8) is 0 Å². The molecule has 22 valence electrons. The summed E-state index contributed by atoms with van der Waals surface area (Å²) < 4.78 is 3.99. The molecule has 0 saturated carbocycles. The van der Waals surface area contributed by atoms with Crippen molar-refractivity contribution < 1.29 is 4.43 Å². The molecule has 0 spiro atoms. The maximum absolute atomic E-state index is 7.44. The van der Waals surface area contributed by atoms with Gasteiger partial charge in [0.25, 0.3) is 6.26 Å². The minimum atomic E-state index is 0.529. The number of nitrogens with zero attached hydrogens (tertiary/aromatic N) is 1. The van der Waals surface area contributed by atoms with Crippen LogP contribution in [0.2, 0.25) is 0 Å². The summed E-state index contributed by atoms with van der Waals surface area (Å²) in [6.45, 7) is 0. The zero-order valence-corrected chi connectivity index (χ0v) is 4.36. The van der Waals surface area contributed by atoms with E-state index in [-0.39, 0.29) is 0 Å². The Bertz CT molecular complexity index is 37.8. The molecule has 0 aliphatic heterocycles. The van der Waals surface area contributed by atoms with Crippen LogP contribution in [0.5, 0.6) is 0 Å². The third kappa shape index (κ3) is 1.51. The van der Waals surface area contributed by atoms with E-state index in [1.54, 1.807) is 0 Å². The first-order valence-electron chi connectivity index (χ1n) is 0.836. The van der Waals surface area contributed by atoms with E-state index in [9.17, 15) is 0 Å². The van der Waals surface area contributed by atoms with Crippen LogP contribution in [0.4, 0.5) is 0 Å². The van der Waals surface area contributed by atoms with Crippen molar-refractivity contribution in [2.75, 3.05) is 0 Å². The molecule has 0 aliphatic rings. The van der Waals surface area contributed by atoms with Gasteiger partial charge in [-0.25, -0.2) is 0 Å². The SMILES string of the molecule is N#CO[SiH3]. The highest BCUT2D eigenvalue weighted by atomic mass is 28.2. The largest absolute Gasteiger partial charge is 0.494 e. The predicted molar refractivity (Wildman–Crippen MR) is 16.6 cm³/mol. The summed E-state index contributed by atoms with van der Waals surface area (Å²) in [6, 6.07) is 0. The van der Waals surface area contributed by atoms with Crippen molar-refractivity contribution in [2.45, 2.75) is 0 Å². The van der Waals surface area contributed by atoms with E-state index < -0.39 is 0 Å². The van der Waals surface area contributed by atoms with Gasteiger partial charge in [0.05, 0.1) is 0 Å². The third-order valence-electron chi connectivity index (χ3n) is 0.0913. The summed E-state index contributed by atoms with van der Waals surface area (Å²) >= 11 is 0. The van der Waals surface area contributed by atoms with E-state index in [2.05, 4.69) is 4.43 Å². The molecule has 2 nitrogen and oxygen atoms in total. The van der Waals surface area contributed by atoms with Gasteiger partial charge >= 0.3 is 0 Å². The minimum Gasteiger partial charge on any atom is -0.494 e. The van der Waals surface area contributed by atoms with Crippen molar-refractivity contribution in [1.82, 2.24) is 0 Å². The van der Waals surface area contributed by atoms with Gasteiger partial charge < -0.3 is 4.43 Å². The van der Waals surface area contributed by atoms with Gasteiger partial charge in [-0.05, 0) is 0 Å². The molecule has 0 radical (unpaired) electrons. The van der Waals surface area contributed by atoms with Gasteiger partial charge in [0, 0.05) is 0 Å². The highest BCUT2D eigenvalue weighted by molar-refractivity contribution is 5.98. The van der Waals surface area contributed by atoms with Crippen LogP contribution in [0.25, 0.3) is 0 Å². The molecule has 3 heteroatoms. The smallest absolute Gasteiger partial charge is 0.270 e. The molecule has 0 rings (SSSR count). The highest BCUT2D eigenvalue weighted by Crippen LogP contribution is 1.38. The van der Waals surface area contributed by atoms with Gasteiger partial charge in [0.15, 0.2) is 0 Å². The lowest BCUT2D eigenvalue weighted by molar-refractivity contribution is 0.564. The molecule has 4 heavy (non-hydrogen) atoms. The van der Waals surface area contributed by atoms with Gasteiger partial charge in [-0.3, -0.25) is 0 Å². The van der Waals surface area contributed by atoms with Crippen LogP contribution < -0.4 is 0 Å². The van der Waals surface area contributed by atoms with Crippen molar-refractivity contribution in [3.8, 4) is 6.26 Å². The molecule has 0 heterocycles. The monoisotopic (exact) mass is 73.0 g/mol. The van der Waals surface area contributed by atoms with E-state index in [0.29, 0.717) is 10.5 Å². The second-order valence-electron chi connectivity index (χ2n) is 0.295. The highest BCUT2D eigenvalue weighted by Gasteiger charge is 1.42. The number of hydrogen-bond donors (Lipinski definition) is 0. The van der Waals surface area contributed by atoms with Gasteiger partial charge in [-0.2, -0.15) is 5.26 Å². The number of rotatable bonds is 0. The first kappa shape index (κ1) is 3.51. The molecule has 0 atom stereocenters. The van der Waals surface area contributed by atoms with Crippen molar-refractivity contribution in [1.29, 1.82) is 5.26 Å². The average Bonchev–Trinajstić information content (AvgIpc) is 1.37. The molecule has 0 aromatic carbocycles. The Balaban J connectivity index is 2.43. The Kier molecular flexibility index (Phi) is 2.20. The fraction of sp³-hybridized carbons (Fsp3) is 0. The van der Waals surface area contributed by atoms with Crippen LogP contribution in [0.15, 0.2) is 0 Å². The molecule has 0 fully saturated rings. The van der Waals surface area contributed by atoms with Gasteiger partial charge in [-0.15, -0.1) is 0 Å². The number of nitriles is 1. The topological polar surface area (TPSA) is 33.0 Å². The zero-order chi connectivity index (χ0) is 3.41. The van der Waals surface area contributed by atoms with E-state index in [1.807, 2.05) is 0 Å². The fourth-order valence-corrected chi connectivity index (χ4v) is 0. The maximum atomic E-state index is 7.44. The summed E-state index contributed by atoms with van der Waals surface area (Å²) in [5, 5.41) is 7.44. The summed E-state index contributed by atoms with van der Waals surface area (Å²) in [4.78, 5) is 0. The second kappa shape index (κ2) is 2.51. The number of hydrogen-bond acceptors (Lipinski definition) is 2. The molecule has 0 amide bonds. The first-order chi connectivity index (χ1) is 1.91. The molecule has 0 N–H and O–H groups in total. The van der Waals surface area contributed by atoms with Crippen molar-refractivity contribution in [3.05, 3.63) is 0 Å². The van der Waals surface area contributed by atoms with Gasteiger partial charge in [0.1, 0.15) is 0 Å². The molecule has 0 unspecified atom stereocenters. The van der Waals surface area contributed by atoms with E-state index in [0.717, 1.165) is 0 Å². The first-order valence-corrected chi connectivity index (χ1v) is 1.65. The van der Waals surface area contributed by atoms with Crippen LogP contribution >= 0.6 is 0 Å². The summed E-state index contributed by atoms with van der Waals surface area (Å²) in [5.41, 5.74) is 0. The van der Waals surface area contributed by atoms with Crippen molar-refractivity contribution in [2.24, 2.45) is 0 Å². The average molecular weight is 73.1 g/mol. The summed E-state index contributed by atoms with van der Waals surface area (Å²) in [7, 11) is 0.529. The summed E-state index contributed by atoms with van der Waals surface area (Å²) in [6.07, 6.45) is 1.49. The molecule has 0 bridgehead atoms. The standard InChI is InChI=1S/CH3NOSi/c2-1-3-4/h4H3. The predicted octanol–water partition coefficient (Wildman–Crippen LogP) is -1.24. The lowest BCUT2D eigenvalue weighted by Gasteiger charge is -1.63. The Hall–Kier alpha value is -0.493. The molecule has 0 aromatic rings. The molecule has 0 aromatic heterocycles. The van der Waals surface area contributed by atoms with Gasteiger partial charge in [0.2, 0.25) is 10.5 Å². The van der Waals surface area contributed by atoms with Crippen LogP contribution in [0.1, 0.15) is 0 Å². The van der Waals surface area contributed by atoms with Gasteiger partial charge in [-0.1, -0.05) is 0 Å². The molecular weight excluding hydrogens is 70.1 g/mol. The molecule has 0 saturated heterocycles. The van der Waals surface area contributed by atoms with Crippen LogP contribution in [0, 0.1) is 11.5 Å². The van der Waals surface area contributed by atoms with E-state index >= 15 is 0 Å². The Labute approximate surface area is 27.5 Å². The Morgan fingerprint density at radius 3 is 2.25 bits per heavy atom. The maximum Gasteiger partial charge on any atom is 0.270 e. The lowest BCUT2D eigenvalue weighted by Crippen LogP contribution is -1.60. The second-order valence-corrected chi connectivity index (χ2v) is 0.704. The van der Waals surface area contributed by atoms with Crippen LogP contribution in [-0.4, -0.2) is 10.5 Å². The zero-order valence-electron chi connectivity index (χ0n) is 2.36. The van der Waals surface area contributed by atoms with E-state index in [1.165, 1.54) is 6.26 Å². The van der Waals surface area contributed by atoms with E-state index in [4.69, 9.17) is 5.26 Å².